The molecule has 1 unspecified atom stereocenters. The van der Waals surface area contributed by atoms with Crippen LogP contribution in [0.2, 0.25) is 0 Å². The van der Waals surface area contributed by atoms with Gasteiger partial charge in [-0.1, -0.05) is 18.2 Å². The molecule has 0 saturated heterocycles. The Labute approximate surface area is 160 Å². The molecular weight excluding hydrogens is 340 g/mol. The Bertz CT molecular complexity index is 849. The maximum atomic E-state index is 12.8. The number of hydrogen-bond acceptors (Lipinski definition) is 4. The van der Waals surface area contributed by atoms with Crippen LogP contribution in [0.1, 0.15) is 31.4 Å². The molecule has 5 heteroatoms. The topological polar surface area (TPSA) is 50.8 Å². The lowest BCUT2D eigenvalue weighted by atomic mass is 10.0. The largest absolute Gasteiger partial charge is 0.492 e. The van der Waals surface area contributed by atoms with Gasteiger partial charge in [0, 0.05) is 30.3 Å². The first-order chi connectivity index (χ1) is 13.1. The van der Waals surface area contributed by atoms with E-state index in [4.69, 9.17) is 9.47 Å². The summed E-state index contributed by atoms with van der Waals surface area (Å²) in [6.07, 6.45) is 3.17. The van der Waals surface area contributed by atoms with Crippen molar-refractivity contribution in [3.8, 4) is 11.5 Å². The second-order valence-corrected chi connectivity index (χ2v) is 7.22. The van der Waals surface area contributed by atoms with Gasteiger partial charge in [-0.15, -0.1) is 0 Å². The van der Waals surface area contributed by atoms with Gasteiger partial charge in [0.05, 0.1) is 18.8 Å². The van der Waals surface area contributed by atoms with Gasteiger partial charge in [0.2, 0.25) is 5.91 Å². The number of para-hydroxylation sites is 1. The number of amides is 1. The molecule has 142 valence electrons. The number of ether oxygens (including phenoxy) is 2. The highest BCUT2D eigenvalue weighted by atomic mass is 16.5. The van der Waals surface area contributed by atoms with Crippen molar-refractivity contribution in [1.82, 2.24) is 0 Å². The van der Waals surface area contributed by atoms with Crippen molar-refractivity contribution in [2.75, 3.05) is 29.9 Å². The molecule has 2 aliphatic heterocycles. The minimum Gasteiger partial charge on any atom is -0.492 e. The molecule has 0 aliphatic carbocycles. The number of nitrogens with one attached hydrogen (secondary N) is 1. The zero-order valence-electron chi connectivity index (χ0n) is 16.0. The van der Waals surface area contributed by atoms with E-state index in [2.05, 4.69) is 28.4 Å². The molecule has 2 aliphatic rings. The Morgan fingerprint density at radius 3 is 3.00 bits per heavy atom. The van der Waals surface area contributed by atoms with Crippen LogP contribution in [0.3, 0.4) is 0 Å². The molecule has 5 nitrogen and oxygen atoms in total. The Balaban J connectivity index is 1.51. The molecule has 0 bridgehead atoms. The van der Waals surface area contributed by atoms with Crippen LogP contribution in [0.4, 0.5) is 11.4 Å². The normalized spacial score (nSPS) is 17.7. The molecular formula is C22H26N2O3. The van der Waals surface area contributed by atoms with Crippen LogP contribution in [0.25, 0.3) is 0 Å². The van der Waals surface area contributed by atoms with Gasteiger partial charge in [-0.3, -0.25) is 4.79 Å². The number of benzene rings is 2. The second-order valence-electron chi connectivity index (χ2n) is 7.22. The summed E-state index contributed by atoms with van der Waals surface area (Å²) in [5.41, 5.74) is 4.29. The monoisotopic (exact) mass is 366 g/mol. The third-order valence-corrected chi connectivity index (χ3v) is 5.11. The fourth-order valence-electron chi connectivity index (χ4n) is 3.95. The molecule has 2 heterocycles. The summed E-state index contributed by atoms with van der Waals surface area (Å²) in [5.74, 6) is 1.50. The van der Waals surface area contributed by atoms with E-state index in [9.17, 15) is 4.79 Å². The van der Waals surface area contributed by atoms with Crippen molar-refractivity contribution in [2.24, 2.45) is 0 Å². The lowest BCUT2D eigenvalue weighted by Gasteiger charge is -2.30. The van der Waals surface area contributed by atoms with Gasteiger partial charge < -0.3 is 19.7 Å². The summed E-state index contributed by atoms with van der Waals surface area (Å²) in [7, 11) is 0. The molecule has 2 aromatic carbocycles. The van der Waals surface area contributed by atoms with Crippen molar-refractivity contribution >= 4 is 17.3 Å². The Kier molecular flexibility index (Phi) is 4.92. The van der Waals surface area contributed by atoms with Crippen molar-refractivity contribution in [3.05, 3.63) is 47.5 Å². The molecule has 0 radical (unpaired) electrons. The van der Waals surface area contributed by atoms with E-state index in [0.717, 1.165) is 42.8 Å². The van der Waals surface area contributed by atoms with Crippen LogP contribution < -0.4 is 19.7 Å². The molecule has 0 aromatic heterocycles. The quantitative estimate of drug-likeness (QED) is 0.874. The van der Waals surface area contributed by atoms with Crippen LogP contribution in [0.15, 0.2) is 36.4 Å². The Morgan fingerprint density at radius 2 is 2.15 bits per heavy atom. The molecule has 0 fully saturated rings. The number of carbonyl (C=O) groups excluding carboxylic acids is 1. The third kappa shape index (κ3) is 3.72. The van der Waals surface area contributed by atoms with E-state index < -0.39 is 0 Å². The third-order valence-electron chi connectivity index (χ3n) is 5.11. The van der Waals surface area contributed by atoms with Gasteiger partial charge in [0.25, 0.3) is 0 Å². The minimum absolute atomic E-state index is 0.0429. The van der Waals surface area contributed by atoms with Gasteiger partial charge in [-0.25, -0.2) is 0 Å². The van der Waals surface area contributed by atoms with Crippen LogP contribution >= 0.6 is 0 Å². The molecule has 1 atom stereocenters. The Morgan fingerprint density at radius 1 is 1.30 bits per heavy atom. The van der Waals surface area contributed by atoms with E-state index >= 15 is 0 Å². The van der Waals surface area contributed by atoms with Crippen molar-refractivity contribution < 1.29 is 14.3 Å². The smallest absolute Gasteiger partial charge is 0.243 e. The van der Waals surface area contributed by atoms with E-state index in [1.807, 2.05) is 32.0 Å². The molecule has 2 aromatic rings. The van der Waals surface area contributed by atoms with E-state index in [-0.39, 0.29) is 12.0 Å². The first-order valence-corrected chi connectivity index (χ1v) is 9.73. The highest BCUT2D eigenvalue weighted by Gasteiger charge is 2.24. The van der Waals surface area contributed by atoms with Crippen molar-refractivity contribution in [3.63, 3.8) is 0 Å². The van der Waals surface area contributed by atoms with E-state index in [1.165, 1.54) is 5.56 Å². The van der Waals surface area contributed by atoms with Crippen molar-refractivity contribution in [2.45, 2.75) is 39.2 Å². The van der Waals surface area contributed by atoms with Gasteiger partial charge in [0.15, 0.2) is 0 Å². The SMILES string of the molecule is CCOc1cc2c(cc1NC(=O)CN1CCCc3ccccc31)OC(C)C2. The molecule has 0 spiro atoms. The van der Waals surface area contributed by atoms with Crippen LogP contribution in [0.5, 0.6) is 11.5 Å². The first-order valence-electron chi connectivity index (χ1n) is 9.73. The summed E-state index contributed by atoms with van der Waals surface area (Å²) in [6, 6.07) is 12.2. The van der Waals surface area contributed by atoms with Crippen LogP contribution in [0, 0.1) is 0 Å². The predicted octanol–water partition coefficient (Wildman–Crippen LogP) is 3.80. The zero-order chi connectivity index (χ0) is 18.8. The summed E-state index contributed by atoms with van der Waals surface area (Å²) in [6.45, 7) is 5.77. The van der Waals surface area contributed by atoms with Gasteiger partial charge in [0.1, 0.15) is 17.6 Å². The number of carbonyl (C=O) groups is 1. The molecule has 27 heavy (non-hydrogen) atoms. The highest BCUT2D eigenvalue weighted by Crippen LogP contribution is 2.38. The number of rotatable bonds is 5. The first kappa shape index (κ1) is 17.7. The zero-order valence-corrected chi connectivity index (χ0v) is 16.0. The number of aryl methyl sites for hydroxylation is 1. The molecule has 1 N–H and O–H groups in total. The van der Waals surface area contributed by atoms with E-state index in [1.54, 1.807) is 0 Å². The lowest BCUT2D eigenvalue weighted by Crippen LogP contribution is -2.36. The van der Waals surface area contributed by atoms with Crippen LogP contribution in [-0.4, -0.2) is 31.7 Å². The van der Waals surface area contributed by atoms with Crippen molar-refractivity contribution in [1.29, 1.82) is 0 Å². The molecule has 1 amide bonds. The summed E-state index contributed by atoms with van der Waals surface area (Å²) in [4.78, 5) is 14.9. The summed E-state index contributed by atoms with van der Waals surface area (Å²) in [5, 5.41) is 3.03. The average Bonchev–Trinajstić information content (AvgIpc) is 3.01. The second kappa shape index (κ2) is 7.51. The number of anilines is 2. The maximum absolute atomic E-state index is 12.8. The lowest BCUT2D eigenvalue weighted by molar-refractivity contribution is -0.115. The number of fused-ring (bicyclic) bond motifs is 2. The average molecular weight is 366 g/mol. The number of nitrogens with zero attached hydrogens (tertiary/aromatic N) is 1. The summed E-state index contributed by atoms with van der Waals surface area (Å²) < 4.78 is 11.6. The van der Waals surface area contributed by atoms with Gasteiger partial charge in [-0.05, 0) is 44.4 Å². The maximum Gasteiger partial charge on any atom is 0.243 e. The van der Waals surface area contributed by atoms with Crippen LogP contribution in [-0.2, 0) is 17.6 Å². The highest BCUT2D eigenvalue weighted by molar-refractivity contribution is 5.96. The standard InChI is InChI=1S/C22H26N2O3/c1-3-26-21-12-17-11-15(2)27-20(17)13-18(21)23-22(25)14-24-10-6-8-16-7-4-5-9-19(16)24/h4-5,7,9,12-13,15H,3,6,8,10-11,14H2,1-2H3,(H,23,25). The minimum atomic E-state index is -0.0429. The van der Waals surface area contributed by atoms with Gasteiger partial charge >= 0.3 is 0 Å². The molecule has 0 saturated carbocycles. The van der Waals surface area contributed by atoms with Gasteiger partial charge in [-0.2, -0.15) is 0 Å². The Hall–Kier alpha value is -2.69. The number of hydrogen-bond donors (Lipinski definition) is 1. The fourth-order valence-corrected chi connectivity index (χ4v) is 3.95. The summed E-state index contributed by atoms with van der Waals surface area (Å²) >= 11 is 0. The van der Waals surface area contributed by atoms with E-state index in [0.29, 0.717) is 24.6 Å². The fraction of sp³-hybridized carbons (Fsp3) is 0.409. The molecule has 4 rings (SSSR count). The predicted molar refractivity (Wildman–Crippen MR) is 107 cm³/mol.